The number of aliphatic hydroxyl groups is 6. The summed E-state index contributed by atoms with van der Waals surface area (Å²) in [5.74, 6) is -0.787. The Balaban J connectivity index is 1.25. The maximum atomic E-state index is 12.4. The monoisotopic (exact) mass is 538 g/mol. The molecule has 12 atom stereocenters. The number of hydrogen-bond acceptors (Lipinski definition) is 10. The zero-order valence-electron chi connectivity index (χ0n) is 22.0. The summed E-state index contributed by atoms with van der Waals surface area (Å²) in [6.45, 7) is 1.93. The number of cyclic esters (lactones) is 1. The molecule has 38 heavy (non-hydrogen) atoms. The van der Waals surface area contributed by atoms with Gasteiger partial charge in [-0.3, -0.25) is 0 Å². The molecule has 0 amide bonds. The number of ether oxygens (including phenoxy) is 3. The van der Waals surface area contributed by atoms with Gasteiger partial charge in [-0.15, -0.1) is 0 Å². The molecule has 2 aliphatic heterocycles. The molecule has 0 unspecified atom stereocenters. The van der Waals surface area contributed by atoms with Gasteiger partial charge in [-0.1, -0.05) is 6.92 Å². The van der Waals surface area contributed by atoms with Gasteiger partial charge < -0.3 is 44.8 Å². The average molecular weight is 539 g/mol. The molecular formula is C28H42O10. The van der Waals surface area contributed by atoms with Crippen LogP contribution in [-0.2, 0) is 19.0 Å². The highest BCUT2D eigenvalue weighted by atomic mass is 16.7. The van der Waals surface area contributed by atoms with Crippen LogP contribution in [0.4, 0.5) is 0 Å². The van der Waals surface area contributed by atoms with E-state index in [1.165, 1.54) is 0 Å². The minimum atomic E-state index is -1.39. The van der Waals surface area contributed by atoms with Crippen LogP contribution in [0.1, 0.15) is 64.7 Å². The first-order valence-electron chi connectivity index (χ1n) is 14.2. The van der Waals surface area contributed by atoms with Crippen molar-refractivity contribution in [1.82, 2.24) is 0 Å². The van der Waals surface area contributed by atoms with E-state index in [0.717, 1.165) is 12.0 Å². The van der Waals surface area contributed by atoms with Crippen molar-refractivity contribution in [3.63, 3.8) is 0 Å². The van der Waals surface area contributed by atoms with Crippen molar-refractivity contribution in [3.05, 3.63) is 11.6 Å². The average Bonchev–Trinajstić information content (AvgIpc) is 3.40. The van der Waals surface area contributed by atoms with Gasteiger partial charge in [0.15, 0.2) is 6.29 Å². The molecule has 0 aromatic heterocycles. The van der Waals surface area contributed by atoms with Crippen LogP contribution in [-0.4, -0.2) is 98.3 Å². The molecule has 0 aromatic rings. The summed E-state index contributed by atoms with van der Waals surface area (Å²) in [7, 11) is 0. The normalized spacial score (nSPS) is 54.5. The lowest BCUT2D eigenvalue weighted by Crippen LogP contribution is -2.73. The molecular weight excluding hydrogens is 496 g/mol. The van der Waals surface area contributed by atoms with Gasteiger partial charge in [-0.25, -0.2) is 4.79 Å². The smallest absolute Gasteiger partial charge is 0.331 e. The van der Waals surface area contributed by atoms with E-state index in [1.807, 2.05) is 0 Å². The van der Waals surface area contributed by atoms with Crippen LogP contribution < -0.4 is 0 Å². The van der Waals surface area contributed by atoms with Crippen molar-refractivity contribution in [2.75, 3.05) is 19.8 Å². The predicted octanol–water partition coefficient (Wildman–Crippen LogP) is 0.155. The number of esters is 1. The van der Waals surface area contributed by atoms with Crippen molar-refractivity contribution in [2.45, 2.75) is 107 Å². The van der Waals surface area contributed by atoms with E-state index in [-0.39, 0.29) is 56.2 Å². The van der Waals surface area contributed by atoms with Gasteiger partial charge in [0.1, 0.15) is 12.7 Å². The fourth-order valence-corrected chi connectivity index (χ4v) is 9.76. The second-order valence-electron chi connectivity index (χ2n) is 13.1. The maximum Gasteiger partial charge on any atom is 0.331 e. The lowest BCUT2D eigenvalue weighted by Gasteiger charge is -2.67. The molecule has 1 saturated heterocycles. The van der Waals surface area contributed by atoms with Crippen LogP contribution in [0.3, 0.4) is 0 Å². The Bertz CT molecular complexity index is 987. The zero-order valence-corrected chi connectivity index (χ0v) is 22.0. The zero-order chi connectivity index (χ0) is 27.1. The van der Waals surface area contributed by atoms with Crippen molar-refractivity contribution in [3.8, 4) is 0 Å². The molecule has 4 aliphatic carbocycles. The Labute approximate surface area is 222 Å². The highest BCUT2D eigenvalue weighted by molar-refractivity contribution is 5.85. The summed E-state index contributed by atoms with van der Waals surface area (Å²) in [6.07, 6.45) is 1.26. The second kappa shape index (κ2) is 9.21. The number of aliphatic hydroxyl groups excluding tert-OH is 4. The fraction of sp³-hybridized carbons (Fsp3) is 0.893. The highest BCUT2D eigenvalue weighted by Crippen LogP contribution is 2.70. The van der Waals surface area contributed by atoms with Crippen LogP contribution in [0.25, 0.3) is 0 Å². The van der Waals surface area contributed by atoms with Crippen LogP contribution in [0, 0.1) is 28.6 Å². The first kappa shape index (κ1) is 27.1. The molecule has 10 heteroatoms. The van der Waals surface area contributed by atoms with E-state index in [9.17, 15) is 35.4 Å². The Morgan fingerprint density at radius 1 is 1.03 bits per heavy atom. The molecule has 6 aliphatic rings. The van der Waals surface area contributed by atoms with Crippen LogP contribution in [0.15, 0.2) is 11.6 Å². The van der Waals surface area contributed by atoms with Crippen molar-refractivity contribution >= 4 is 5.97 Å². The van der Waals surface area contributed by atoms with Gasteiger partial charge in [-0.2, -0.15) is 0 Å². The predicted molar refractivity (Wildman–Crippen MR) is 131 cm³/mol. The molecule has 0 radical (unpaired) electrons. The van der Waals surface area contributed by atoms with Crippen molar-refractivity contribution in [2.24, 2.45) is 28.6 Å². The third-order valence-corrected chi connectivity index (χ3v) is 11.8. The molecule has 4 saturated carbocycles. The lowest BCUT2D eigenvalue weighted by molar-refractivity contribution is -0.314. The molecule has 5 fully saturated rings. The van der Waals surface area contributed by atoms with Gasteiger partial charge >= 0.3 is 5.97 Å². The van der Waals surface area contributed by atoms with Crippen molar-refractivity contribution in [1.29, 1.82) is 0 Å². The van der Waals surface area contributed by atoms with Gasteiger partial charge in [0.2, 0.25) is 0 Å². The molecule has 0 bridgehead atoms. The summed E-state index contributed by atoms with van der Waals surface area (Å²) >= 11 is 0. The standard InChI is InChI=1S/C28H42O10/c1-25-5-2-18-19(28(25,35)7-4-17(25)15-8-23(33)36-12-15)3-6-26(34)11-16(9-22(32)27(18,26)14-29)38-24-10-20(30)21(31)13-37-24/h8,16-22,24,29-32,34-35H,2-7,9-14H2,1H3/t16-,17+,18-,19+,20-,21-,22+,24-,25+,26-,27-,28-/m0/s1. The van der Waals surface area contributed by atoms with Gasteiger partial charge in [0, 0.05) is 30.8 Å². The first-order chi connectivity index (χ1) is 18.0. The minimum Gasteiger partial charge on any atom is -0.458 e. The van der Waals surface area contributed by atoms with E-state index >= 15 is 0 Å². The Kier molecular flexibility index (Phi) is 6.56. The molecule has 10 nitrogen and oxygen atoms in total. The SMILES string of the molecule is C[C@]12CC[C@H]3[C@@H](CC[C@]4(O)C[C@@H](O[C@H]5C[C@H](O)[C@@H](O)CO5)C[C@@H](O)[C@]34CO)[C@@]1(O)CC[C@@H]2C1=CC(=O)OC1. The van der Waals surface area contributed by atoms with Gasteiger partial charge in [0.05, 0.1) is 48.1 Å². The third-order valence-electron chi connectivity index (χ3n) is 11.8. The molecule has 0 spiro atoms. The summed E-state index contributed by atoms with van der Waals surface area (Å²) in [5.41, 5.74) is -3.16. The largest absolute Gasteiger partial charge is 0.458 e. The molecule has 6 N–H and O–H groups in total. The lowest BCUT2D eigenvalue weighted by atomic mass is 9.41. The third kappa shape index (κ3) is 3.64. The van der Waals surface area contributed by atoms with Crippen LogP contribution in [0.2, 0.25) is 0 Å². The van der Waals surface area contributed by atoms with Crippen LogP contribution in [0.5, 0.6) is 0 Å². The topological polar surface area (TPSA) is 166 Å². The Morgan fingerprint density at radius 3 is 2.47 bits per heavy atom. The summed E-state index contributed by atoms with van der Waals surface area (Å²) in [5, 5.41) is 66.7. The fourth-order valence-electron chi connectivity index (χ4n) is 9.76. The van der Waals surface area contributed by atoms with Crippen LogP contribution >= 0.6 is 0 Å². The summed E-state index contributed by atoms with van der Waals surface area (Å²) in [4.78, 5) is 11.8. The molecule has 0 aromatic carbocycles. The summed E-state index contributed by atoms with van der Waals surface area (Å²) < 4.78 is 16.8. The highest BCUT2D eigenvalue weighted by Gasteiger charge is 2.73. The number of rotatable bonds is 4. The van der Waals surface area contributed by atoms with E-state index in [0.29, 0.717) is 32.1 Å². The number of fused-ring (bicyclic) bond motifs is 5. The Hall–Kier alpha value is -1.11. The Morgan fingerprint density at radius 2 is 1.79 bits per heavy atom. The number of carbonyl (C=O) groups is 1. The minimum absolute atomic E-state index is 0.0317. The van der Waals surface area contributed by atoms with E-state index in [4.69, 9.17) is 14.2 Å². The molecule has 6 rings (SSSR count). The van der Waals surface area contributed by atoms with E-state index in [1.54, 1.807) is 6.08 Å². The number of carbonyl (C=O) groups excluding carboxylic acids is 1. The summed E-state index contributed by atoms with van der Waals surface area (Å²) in [6, 6.07) is 0. The molecule has 214 valence electrons. The quantitative estimate of drug-likeness (QED) is 0.214. The number of hydrogen-bond donors (Lipinski definition) is 6. The first-order valence-corrected chi connectivity index (χ1v) is 14.2. The van der Waals surface area contributed by atoms with Crippen molar-refractivity contribution < 1.29 is 49.6 Å². The van der Waals surface area contributed by atoms with Gasteiger partial charge in [0.25, 0.3) is 0 Å². The second-order valence-corrected chi connectivity index (χ2v) is 13.1. The van der Waals surface area contributed by atoms with E-state index in [2.05, 4.69) is 6.92 Å². The molecule has 2 heterocycles. The van der Waals surface area contributed by atoms with Gasteiger partial charge in [-0.05, 0) is 61.9 Å². The maximum absolute atomic E-state index is 12.4. The van der Waals surface area contributed by atoms with E-state index < -0.39 is 59.3 Å².